The second-order valence-electron chi connectivity index (χ2n) is 6.21. The minimum atomic E-state index is 0.763. The first-order valence-electron chi connectivity index (χ1n) is 7.95. The van der Waals surface area contributed by atoms with E-state index in [1.54, 1.807) is 0 Å². The van der Waals surface area contributed by atoms with Gasteiger partial charge in [0.1, 0.15) is 0 Å². The Balaban J connectivity index is 2.44. The van der Waals surface area contributed by atoms with Crippen molar-refractivity contribution in [3.05, 3.63) is 0 Å². The van der Waals surface area contributed by atoms with Crippen molar-refractivity contribution >= 4 is 0 Å². The van der Waals surface area contributed by atoms with Gasteiger partial charge in [0.15, 0.2) is 0 Å². The molecular weight excluding hydrogens is 206 g/mol. The van der Waals surface area contributed by atoms with E-state index in [9.17, 15) is 0 Å². The van der Waals surface area contributed by atoms with Crippen LogP contribution in [0.15, 0.2) is 0 Å². The Bertz CT molecular complexity index is 188. The second-order valence-corrected chi connectivity index (χ2v) is 6.21. The van der Waals surface area contributed by atoms with Gasteiger partial charge in [-0.1, -0.05) is 53.4 Å². The Kier molecular flexibility index (Phi) is 7.18. The van der Waals surface area contributed by atoms with Crippen LogP contribution in [0, 0.1) is 11.8 Å². The highest BCUT2D eigenvalue weighted by atomic mass is 15.0. The van der Waals surface area contributed by atoms with E-state index in [1.165, 1.54) is 51.4 Å². The number of nitrogens with one attached hydrogen (secondary N) is 1. The quantitative estimate of drug-likeness (QED) is 0.675. The fourth-order valence-corrected chi connectivity index (χ4v) is 3.32. The number of hydrogen-bond acceptors (Lipinski definition) is 1. The highest BCUT2D eigenvalue weighted by Gasteiger charge is 2.28. The van der Waals surface area contributed by atoms with Gasteiger partial charge in [0.2, 0.25) is 0 Å². The van der Waals surface area contributed by atoms with Crippen LogP contribution in [0.25, 0.3) is 0 Å². The lowest BCUT2D eigenvalue weighted by molar-refractivity contribution is 0.187. The maximum Gasteiger partial charge on any atom is 0.0100 e. The SMILES string of the molecule is CCCCC(CC)NC1CCCCC1C(C)C. The van der Waals surface area contributed by atoms with Crippen molar-refractivity contribution in [1.82, 2.24) is 5.32 Å². The molecule has 0 aromatic rings. The van der Waals surface area contributed by atoms with Gasteiger partial charge in [0.05, 0.1) is 0 Å². The van der Waals surface area contributed by atoms with Crippen LogP contribution in [0.1, 0.15) is 79.1 Å². The molecule has 0 amide bonds. The molecule has 1 saturated carbocycles. The third kappa shape index (κ3) is 4.99. The van der Waals surface area contributed by atoms with Crippen molar-refractivity contribution in [2.24, 2.45) is 11.8 Å². The molecule has 1 aliphatic rings. The van der Waals surface area contributed by atoms with Crippen LogP contribution >= 0.6 is 0 Å². The van der Waals surface area contributed by atoms with Crippen molar-refractivity contribution in [2.75, 3.05) is 0 Å². The molecule has 17 heavy (non-hydrogen) atoms. The van der Waals surface area contributed by atoms with Crippen LogP contribution in [-0.2, 0) is 0 Å². The largest absolute Gasteiger partial charge is 0.311 e. The summed E-state index contributed by atoms with van der Waals surface area (Å²) in [4.78, 5) is 0. The molecule has 1 heteroatoms. The van der Waals surface area contributed by atoms with Crippen molar-refractivity contribution in [3.63, 3.8) is 0 Å². The zero-order valence-electron chi connectivity index (χ0n) is 12.5. The maximum atomic E-state index is 3.97. The number of rotatable bonds is 7. The molecule has 0 aromatic heterocycles. The summed E-state index contributed by atoms with van der Waals surface area (Å²) in [6.45, 7) is 9.43. The summed E-state index contributed by atoms with van der Waals surface area (Å²) in [5.74, 6) is 1.76. The van der Waals surface area contributed by atoms with Gasteiger partial charge in [-0.2, -0.15) is 0 Å². The minimum absolute atomic E-state index is 0.763. The van der Waals surface area contributed by atoms with Gasteiger partial charge in [0.25, 0.3) is 0 Å². The third-order valence-corrected chi connectivity index (χ3v) is 4.52. The molecule has 0 aliphatic heterocycles. The summed E-state index contributed by atoms with van der Waals surface area (Å²) in [6.07, 6.45) is 11.1. The summed E-state index contributed by atoms with van der Waals surface area (Å²) in [5.41, 5.74) is 0. The summed E-state index contributed by atoms with van der Waals surface area (Å²) in [6, 6.07) is 1.56. The third-order valence-electron chi connectivity index (χ3n) is 4.52. The van der Waals surface area contributed by atoms with Gasteiger partial charge in [-0.25, -0.2) is 0 Å². The fraction of sp³-hybridized carbons (Fsp3) is 1.00. The van der Waals surface area contributed by atoms with Gasteiger partial charge >= 0.3 is 0 Å². The lowest BCUT2D eigenvalue weighted by Gasteiger charge is -2.37. The minimum Gasteiger partial charge on any atom is -0.311 e. The average molecular weight is 239 g/mol. The second kappa shape index (κ2) is 8.13. The summed E-state index contributed by atoms with van der Waals surface area (Å²) >= 11 is 0. The molecule has 0 spiro atoms. The van der Waals surface area contributed by atoms with Gasteiger partial charge in [0, 0.05) is 12.1 Å². The molecule has 3 atom stereocenters. The molecule has 102 valence electrons. The predicted octanol–water partition coefficient (Wildman–Crippen LogP) is 4.76. The molecule has 1 fully saturated rings. The monoisotopic (exact) mass is 239 g/mol. The lowest BCUT2D eigenvalue weighted by Crippen LogP contribution is -2.45. The molecule has 1 aliphatic carbocycles. The van der Waals surface area contributed by atoms with Gasteiger partial charge in [-0.3, -0.25) is 0 Å². The Morgan fingerprint density at radius 2 is 1.82 bits per heavy atom. The molecule has 0 bridgehead atoms. The van der Waals surface area contributed by atoms with Crippen LogP contribution in [-0.4, -0.2) is 12.1 Å². The van der Waals surface area contributed by atoms with Crippen molar-refractivity contribution in [3.8, 4) is 0 Å². The van der Waals surface area contributed by atoms with E-state index >= 15 is 0 Å². The Hall–Kier alpha value is -0.0400. The molecular formula is C16H33N. The smallest absolute Gasteiger partial charge is 0.0100 e. The predicted molar refractivity (Wildman–Crippen MR) is 77.3 cm³/mol. The summed E-state index contributed by atoms with van der Waals surface area (Å²) in [7, 11) is 0. The first-order chi connectivity index (χ1) is 8.19. The van der Waals surface area contributed by atoms with Crippen LogP contribution in [0.4, 0.5) is 0 Å². The van der Waals surface area contributed by atoms with Crippen molar-refractivity contribution in [2.45, 2.75) is 91.1 Å². The van der Waals surface area contributed by atoms with E-state index in [0.717, 1.165) is 23.9 Å². The molecule has 0 saturated heterocycles. The highest BCUT2D eigenvalue weighted by Crippen LogP contribution is 2.30. The van der Waals surface area contributed by atoms with Crippen molar-refractivity contribution < 1.29 is 0 Å². The zero-order chi connectivity index (χ0) is 12.7. The van der Waals surface area contributed by atoms with E-state index in [-0.39, 0.29) is 0 Å². The summed E-state index contributed by atoms with van der Waals surface area (Å²) in [5, 5.41) is 3.97. The normalized spacial score (nSPS) is 27.4. The van der Waals surface area contributed by atoms with E-state index in [2.05, 4.69) is 33.0 Å². The summed E-state index contributed by atoms with van der Waals surface area (Å²) < 4.78 is 0. The average Bonchev–Trinajstić information content (AvgIpc) is 2.34. The molecule has 0 heterocycles. The van der Waals surface area contributed by atoms with Crippen LogP contribution < -0.4 is 5.32 Å². The van der Waals surface area contributed by atoms with E-state index < -0.39 is 0 Å². The van der Waals surface area contributed by atoms with E-state index in [4.69, 9.17) is 0 Å². The Morgan fingerprint density at radius 1 is 1.12 bits per heavy atom. The molecule has 1 nitrogen and oxygen atoms in total. The van der Waals surface area contributed by atoms with Gasteiger partial charge in [-0.15, -0.1) is 0 Å². The highest BCUT2D eigenvalue weighted by molar-refractivity contribution is 4.85. The fourth-order valence-electron chi connectivity index (χ4n) is 3.32. The van der Waals surface area contributed by atoms with Crippen molar-refractivity contribution in [1.29, 1.82) is 0 Å². The van der Waals surface area contributed by atoms with E-state index in [1.807, 2.05) is 0 Å². The first kappa shape index (κ1) is 15.0. The van der Waals surface area contributed by atoms with E-state index in [0.29, 0.717) is 0 Å². The molecule has 3 unspecified atom stereocenters. The first-order valence-corrected chi connectivity index (χ1v) is 7.95. The lowest BCUT2D eigenvalue weighted by atomic mass is 9.77. The molecule has 1 rings (SSSR count). The molecule has 1 N–H and O–H groups in total. The standard InChI is InChI=1S/C16H33N/c1-5-7-10-14(6-2)17-16-12-9-8-11-15(16)13(3)4/h13-17H,5-12H2,1-4H3. The topological polar surface area (TPSA) is 12.0 Å². The molecule has 0 radical (unpaired) electrons. The van der Waals surface area contributed by atoms with Crippen LogP contribution in [0.2, 0.25) is 0 Å². The maximum absolute atomic E-state index is 3.97. The van der Waals surface area contributed by atoms with Gasteiger partial charge < -0.3 is 5.32 Å². The van der Waals surface area contributed by atoms with Crippen LogP contribution in [0.5, 0.6) is 0 Å². The Morgan fingerprint density at radius 3 is 2.41 bits per heavy atom. The number of unbranched alkanes of at least 4 members (excludes halogenated alkanes) is 1. The zero-order valence-corrected chi connectivity index (χ0v) is 12.5. The van der Waals surface area contributed by atoms with Gasteiger partial charge in [-0.05, 0) is 37.5 Å². The molecule has 0 aromatic carbocycles. The number of hydrogen-bond donors (Lipinski definition) is 1. The van der Waals surface area contributed by atoms with Crippen LogP contribution in [0.3, 0.4) is 0 Å². The Labute approximate surface area is 109 Å².